The van der Waals surface area contributed by atoms with Crippen LogP contribution in [0.15, 0.2) is 18.2 Å². The van der Waals surface area contributed by atoms with E-state index in [1.54, 1.807) is 0 Å². The van der Waals surface area contributed by atoms with Crippen molar-refractivity contribution in [1.29, 1.82) is 0 Å². The van der Waals surface area contributed by atoms with Gasteiger partial charge in [-0.25, -0.2) is 4.39 Å². The summed E-state index contributed by atoms with van der Waals surface area (Å²) in [6.07, 6.45) is 0.120. The molecule has 1 aromatic carbocycles. The Morgan fingerprint density at radius 2 is 2.35 bits per heavy atom. The standard InChI is InChI=1S/C14H20FN3O2/c1-9-8-18(5-6-20-9)10(2)14(19)17-13-4-3-11(15)7-12(13)16/h3-4,7,9-10H,5-6,8,16H2,1-2H3,(H,17,19). The Morgan fingerprint density at radius 1 is 1.60 bits per heavy atom. The lowest BCUT2D eigenvalue weighted by molar-refractivity contribution is -0.123. The second-order valence-electron chi connectivity index (χ2n) is 5.07. The molecule has 20 heavy (non-hydrogen) atoms. The van der Waals surface area contributed by atoms with E-state index in [0.29, 0.717) is 18.8 Å². The van der Waals surface area contributed by atoms with Crippen LogP contribution in [0.1, 0.15) is 13.8 Å². The van der Waals surface area contributed by atoms with Crippen LogP contribution in [-0.2, 0) is 9.53 Å². The molecule has 1 aliphatic rings. The van der Waals surface area contributed by atoms with E-state index in [0.717, 1.165) is 6.54 Å². The van der Waals surface area contributed by atoms with Crippen LogP contribution >= 0.6 is 0 Å². The number of morpholine rings is 1. The van der Waals surface area contributed by atoms with Crippen LogP contribution in [0, 0.1) is 5.82 Å². The Balaban J connectivity index is 2.00. The minimum Gasteiger partial charge on any atom is -0.397 e. The average molecular weight is 281 g/mol. The summed E-state index contributed by atoms with van der Waals surface area (Å²) >= 11 is 0. The zero-order valence-electron chi connectivity index (χ0n) is 11.7. The molecule has 1 aliphatic heterocycles. The van der Waals surface area contributed by atoms with Crippen molar-refractivity contribution < 1.29 is 13.9 Å². The van der Waals surface area contributed by atoms with Crippen LogP contribution in [-0.4, -0.2) is 42.6 Å². The highest BCUT2D eigenvalue weighted by molar-refractivity contribution is 5.97. The lowest BCUT2D eigenvalue weighted by atomic mass is 10.2. The van der Waals surface area contributed by atoms with E-state index >= 15 is 0 Å². The number of hydrogen-bond acceptors (Lipinski definition) is 4. The molecule has 0 spiro atoms. The summed E-state index contributed by atoms with van der Waals surface area (Å²) in [4.78, 5) is 14.3. The zero-order chi connectivity index (χ0) is 14.7. The molecule has 1 aromatic rings. The number of anilines is 2. The maximum atomic E-state index is 13.0. The molecular formula is C14H20FN3O2. The molecule has 0 radical (unpaired) electrons. The van der Waals surface area contributed by atoms with Crippen LogP contribution in [0.5, 0.6) is 0 Å². The molecule has 110 valence electrons. The monoisotopic (exact) mass is 281 g/mol. The van der Waals surface area contributed by atoms with Crippen LogP contribution in [0.3, 0.4) is 0 Å². The molecular weight excluding hydrogens is 261 g/mol. The Hall–Kier alpha value is -1.66. The molecule has 0 saturated carbocycles. The highest BCUT2D eigenvalue weighted by atomic mass is 19.1. The van der Waals surface area contributed by atoms with E-state index in [2.05, 4.69) is 10.2 Å². The van der Waals surface area contributed by atoms with Crippen molar-refractivity contribution in [2.24, 2.45) is 0 Å². The molecule has 1 heterocycles. The van der Waals surface area contributed by atoms with Crippen molar-refractivity contribution in [3.8, 4) is 0 Å². The number of rotatable bonds is 3. The van der Waals surface area contributed by atoms with E-state index in [-0.39, 0.29) is 23.7 Å². The van der Waals surface area contributed by atoms with Gasteiger partial charge in [0.1, 0.15) is 5.82 Å². The first-order valence-corrected chi connectivity index (χ1v) is 6.69. The number of amides is 1. The third kappa shape index (κ3) is 3.46. The Labute approximate surface area is 117 Å². The fraction of sp³-hybridized carbons (Fsp3) is 0.500. The number of ether oxygens (including phenoxy) is 1. The third-order valence-electron chi connectivity index (χ3n) is 3.47. The summed E-state index contributed by atoms with van der Waals surface area (Å²) in [5.41, 5.74) is 6.34. The van der Waals surface area contributed by atoms with Gasteiger partial charge in [0.2, 0.25) is 5.91 Å². The number of benzene rings is 1. The van der Waals surface area contributed by atoms with Crippen molar-refractivity contribution >= 4 is 17.3 Å². The lowest BCUT2D eigenvalue weighted by Crippen LogP contribution is -2.50. The van der Waals surface area contributed by atoms with E-state index in [1.165, 1.54) is 18.2 Å². The normalized spacial score (nSPS) is 21.4. The van der Waals surface area contributed by atoms with Crippen molar-refractivity contribution in [2.45, 2.75) is 26.0 Å². The minimum absolute atomic E-state index is 0.120. The molecule has 2 atom stereocenters. The molecule has 0 aromatic heterocycles. The number of nitrogens with zero attached hydrogens (tertiary/aromatic N) is 1. The molecule has 0 aliphatic carbocycles. The van der Waals surface area contributed by atoms with Crippen LogP contribution in [0.4, 0.5) is 15.8 Å². The van der Waals surface area contributed by atoms with Gasteiger partial charge >= 0.3 is 0 Å². The number of carbonyl (C=O) groups is 1. The summed E-state index contributed by atoms with van der Waals surface area (Å²) in [5, 5.41) is 2.74. The first-order chi connectivity index (χ1) is 9.47. The maximum absolute atomic E-state index is 13.0. The summed E-state index contributed by atoms with van der Waals surface area (Å²) < 4.78 is 18.4. The highest BCUT2D eigenvalue weighted by Gasteiger charge is 2.26. The first-order valence-electron chi connectivity index (χ1n) is 6.69. The molecule has 1 saturated heterocycles. The minimum atomic E-state index is -0.421. The van der Waals surface area contributed by atoms with Gasteiger partial charge in [-0.05, 0) is 32.0 Å². The lowest BCUT2D eigenvalue weighted by Gasteiger charge is -2.34. The molecule has 6 heteroatoms. The average Bonchev–Trinajstić information content (AvgIpc) is 2.41. The Kier molecular flexibility index (Phi) is 4.57. The van der Waals surface area contributed by atoms with Gasteiger partial charge in [0.25, 0.3) is 0 Å². The molecule has 2 rings (SSSR count). The Morgan fingerprint density at radius 3 is 3.00 bits per heavy atom. The largest absolute Gasteiger partial charge is 0.397 e. The van der Waals surface area contributed by atoms with Gasteiger partial charge in [-0.3, -0.25) is 9.69 Å². The zero-order valence-corrected chi connectivity index (χ0v) is 11.7. The summed E-state index contributed by atoms with van der Waals surface area (Å²) in [5.74, 6) is -0.576. The van der Waals surface area contributed by atoms with Crippen molar-refractivity contribution in [2.75, 3.05) is 30.7 Å². The Bertz CT molecular complexity index is 495. The van der Waals surface area contributed by atoms with Crippen molar-refractivity contribution in [3.63, 3.8) is 0 Å². The molecule has 1 fully saturated rings. The predicted octanol–water partition coefficient (Wildman–Crippen LogP) is 1.46. The SMILES string of the molecule is CC1CN(C(C)C(=O)Nc2ccc(F)cc2N)CCO1. The van der Waals surface area contributed by atoms with Crippen LogP contribution < -0.4 is 11.1 Å². The third-order valence-corrected chi connectivity index (χ3v) is 3.47. The number of nitrogens with one attached hydrogen (secondary N) is 1. The predicted molar refractivity (Wildman–Crippen MR) is 75.9 cm³/mol. The van der Waals surface area contributed by atoms with Crippen LogP contribution in [0.2, 0.25) is 0 Å². The smallest absolute Gasteiger partial charge is 0.241 e. The fourth-order valence-corrected chi connectivity index (χ4v) is 2.25. The number of hydrogen-bond donors (Lipinski definition) is 2. The number of halogens is 1. The van der Waals surface area contributed by atoms with E-state index < -0.39 is 5.82 Å². The number of carbonyl (C=O) groups excluding carboxylic acids is 1. The quantitative estimate of drug-likeness (QED) is 0.823. The molecule has 5 nitrogen and oxygen atoms in total. The van der Waals surface area contributed by atoms with Gasteiger partial charge < -0.3 is 15.8 Å². The van der Waals surface area contributed by atoms with E-state index in [4.69, 9.17) is 10.5 Å². The number of nitrogen functional groups attached to an aromatic ring is 1. The summed E-state index contributed by atoms with van der Waals surface area (Å²) in [7, 11) is 0. The topological polar surface area (TPSA) is 67.6 Å². The molecule has 0 bridgehead atoms. The second kappa shape index (κ2) is 6.19. The van der Waals surface area contributed by atoms with Crippen LogP contribution in [0.25, 0.3) is 0 Å². The first kappa shape index (κ1) is 14.7. The van der Waals surface area contributed by atoms with E-state index in [9.17, 15) is 9.18 Å². The van der Waals surface area contributed by atoms with Gasteiger partial charge in [-0.1, -0.05) is 0 Å². The van der Waals surface area contributed by atoms with Gasteiger partial charge in [0.15, 0.2) is 0 Å². The van der Waals surface area contributed by atoms with Gasteiger partial charge in [0, 0.05) is 13.1 Å². The number of nitrogens with two attached hydrogens (primary N) is 1. The van der Waals surface area contributed by atoms with Gasteiger partial charge in [-0.15, -0.1) is 0 Å². The van der Waals surface area contributed by atoms with Crippen molar-refractivity contribution in [1.82, 2.24) is 4.90 Å². The molecule has 1 amide bonds. The van der Waals surface area contributed by atoms with Crippen molar-refractivity contribution in [3.05, 3.63) is 24.0 Å². The van der Waals surface area contributed by atoms with Gasteiger partial charge in [-0.2, -0.15) is 0 Å². The summed E-state index contributed by atoms with van der Waals surface area (Å²) in [6, 6.07) is 3.65. The fourth-order valence-electron chi connectivity index (χ4n) is 2.25. The maximum Gasteiger partial charge on any atom is 0.241 e. The van der Waals surface area contributed by atoms with E-state index in [1.807, 2.05) is 13.8 Å². The summed E-state index contributed by atoms with van der Waals surface area (Å²) in [6.45, 7) is 5.88. The molecule has 2 unspecified atom stereocenters. The highest BCUT2D eigenvalue weighted by Crippen LogP contribution is 2.20. The van der Waals surface area contributed by atoms with Gasteiger partial charge in [0.05, 0.1) is 30.1 Å². The molecule has 3 N–H and O–H groups in total. The second-order valence-corrected chi connectivity index (χ2v) is 5.07.